The summed E-state index contributed by atoms with van der Waals surface area (Å²) >= 11 is 0. The Morgan fingerprint density at radius 3 is 2.70 bits per heavy atom. The SMILES string of the molecule is CCc1nn(C)cc1CN=C(NCCc1ccco1)NC1CCN(Cc2ccccc2)CC1. The van der Waals surface area contributed by atoms with Gasteiger partial charge in [-0.15, -0.1) is 0 Å². The molecule has 2 aromatic heterocycles. The van der Waals surface area contributed by atoms with Crippen LogP contribution in [0.5, 0.6) is 0 Å². The van der Waals surface area contributed by atoms with Crippen LogP contribution in [0.25, 0.3) is 0 Å². The van der Waals surface area contributed by atoms with Crippen LogP contribution in [-0.4, -0.2) is 46.3 Å². The van der Waals surface area contributed by atoms with Gasteiger partial charge in [0.2, 0.25) is 0 Å². The zero-order valence-electron chi connectivity index (χ0n) is 19.8. The van der Waals surface area contributed by atoms with Crippen molar-refractivity contribution >= 4 is 5.96 Å². The highest BCUT2D eigenvalue weighted by Crippen LogP contribution is 2.14. The standard InChI is InChI=1S/C26H36N6O/c1-3-25-22(20-31(2)30-25)18-28-26(27-14-11-24-10-7-17-33-24)29-23-12-15-32(16-13-23)19-21-8-5-4-6-9-21/h4-10,17,20,23H,3,11-16,18-19H2,1-2H3,(H2,27,28,29). The topological polar surface area (TPSA) is 70.6 Å². The molecule has 0 radical (unpaired) electrons. The number of hydrogen-bond acceptors (Lipinski definition) is 4. The van der Waals surface area contributed by atoms with Crippen molar-refractivity contribution in [3.8, 4) is 0 Å². The fraction of sp³-hybridized carbons (Fsp3) is 0.462. The number of aliphatic imine (C=N–C) groups is 1. The molecule has 1 aliphatic rings. The Morgan fingerprint density at radius 2 is 1.97 bits per heavy atom. The average Bonchev–Trinajstić information content (AvgIpc) is 3.48. The van der Waals surface area contributed by atoms with E-state index in [4.69, 9.17) is 9.41 Å². The maximum atomic E-state index is 5.47. The summed E-state index contributed by atoms with van der Waals surface area (Å²) in [5, 5.41) is 11.7. The third-order valence-electron chi connectivity index (χ3n) is 6.16. The number of hydrogen-bond donors (Lipinski definition) is 2. The van der Waals surface area contributed by atoms with E-state index in [1.54, 1.807) is 6.26 Å². The van der Waals surface area contributed by atoms with Crippen LogP contribution in [0.3, 0.4) is 0 Å². The Morgan fingerprint density at radius 1 is 1.15 bits per heavy atom. The summed E-state index contributed by atoms with van der Waals surface area (Å²) in [6.07, 6.45) is 7.76. The van der Waals surface area contributed by atoms with E-state index in [2.05, 4.69) is 64.1 Å². The molecule has 3 heterocycles. The smallest absolute Gasteiger partial charge is 0.191 e. The number of benzene rings is 1. The Kier molecular flexibility index (Phi) is 8.19. The van der Waals surface area contributed by atoms with E-state index < -0.39 is 0 Å². The number of rotatable bonds is 9. The van der Waals surface area contributed by atoms with Crippen molar-refractivity contribution < 1.29 is 4.42 Å². The summed E-state index contributed by atoms with van der Waals surface area (Å²) in [4.78, 5) is 7.45. The lowest BCUT2D eigenvalue weighted by atomic mass is 10.0. The van der Waals surface area contributed by atoms with Crippen LogP contribution in [0.2, 0.25) is 0 Å². The van der Waals surface area contributed by atoms with Crippen molar-refractivity contribution in [1.29, 1.82) is 0 Å². The molecule has 7 nitrogen and oxygen atoms in total. The van der Waals surface area contributed by atoms with Gasteiger partial charge in [-0.3, -0.25) is 9.58 Å². The molecule has 0 aliphatic carbocycles. The monoisotopic (exact) mass is 448 g/mol. The van der Waals surface area contributed by atoms with Crippen LogP contribution < -0.4 is 10.6 Å². The molecule has 3 aromatic rings. The third-order valence-corrected chi connectivity index (χ3v) is 6.16. The van der Waals surface area contributed by atoms with Crippen LogP contribution in [0.15, 0.2) is 64.3 Å². The number of furan rings is 1. The van der Waals surface area contributed by atoms with Gasteiger partial charge in [0, 0.05) is 57.4 Å². The average molecular weight is 449 g/mol. The lowest BCUT2D eigenvalue weighted by molar-refractivity contribution is 0.198. The van der Waals surface area contributed by atoms with Gasteiger partial charge in [0.25, 0.3) is 0 Å². The first-order valence-electron chi connectivity index (χ1n) is 12.0. The molecule has 1 saturated heterocycles. The van der Waals surface area contributed by atoms with Crippen molar-refractivity contribution in [1.82, 2.24) is 25.3 Å². The first-order valence-corrected chi connectivity index (χ1v) is 12.0. The van der Waals surface area contributed by atoms with Gasteiger partial charge in [-0.05, 0) is 37.0 Å². The van der Waals surface area contributed by atoms with E-state index >= 15 is 0 Å². The summed E-state index contributed by atoms with van der Waals surface area (Å²) < 4.78 is 7.35. The van der Waals surface area contributed by atoms with Gasteiger partial charge in [-0.2, -0.15) is 5.10 Å². The van der Waals surface area contributed by atoms with Gasteiger partial charge in [-0.1, -0.05) is 37.3 Å². The number of nitrogens with zero attached hydrogens (tertiary/aromatic N) is 4. The molecule has 0 spiro atoms. The Labute approximate surface area is 196 Å². The molecule has 33 heavy (non-hydrogen) atoms. The fourth-order valence-electron chi connectivity index (χ4n) is 4.36. The molecule has 1 fully saturated rings. The van der Waals surface area contributed by atoms with E-state index in [1.165, 1.54) is 11.1 Å². The second-order valence-corrected chi connectivity index (χ2v) is 8.73. The normalized spacial score (nSPS) is 15.6. The van der Waals surface area contributed by atoms with E-state index in [0.29, 0.717) is 12.6 Å². The maximum absolute atomic E-state index is 5.47. The number of guanidine groups is 1. The predicted molar refractivity (Wildman–Crippen MR) is 132 cm³/mol. The summed E-state index contributed by atoms with van der Waals surface area (Å²) in [5.41, 5.74) is 3.68. The molecule has 0 unspecified atom stereocenters. The van der Waals surface area contributed by atoms with E-state index in [1.807, 2.05) is 23.9 Å². The van der Waals surface area contributed by atoms with Gasteiger partial charge in [0.05, 0.1) is 18.5 Å². The highest BCUT2D eigenvalue weighted by atomic mass is 16.3. The predicted octanol–water partition coefficient (Wildman–Crippen LogP) is 3.52. The molecule has 1 aliphatic heterocycles. The second-order valence-electron chi connectivity index (χ2n) is 8.73. The maximum Gasteiger partial charge on any atom is 0.191 e. The van der Waals surface area contributed by atoms with Crippen molar-refractivity contribution in [2.45, 2.75) is 51.7 Å². The van der Waals surface area contributed by atoms with Crippen LogP contribution in [0, 0.1) is 0 Å². The van der Waals surface area contributed by atoms with Gasteiger partial charge < -0.3 is 15.1 Å². The van der Waals surface area contributed by atoms with Crippen LogP contribution in [0.4, 0.5) is 0 Å². The van der Waals surface area contributed by atoms with Crippen molar-refractivity contribution in [3.63, 3.8) is 0 Å². The molecular weight excluding hydrogens is 412 g/mol. The Hall–Kier alpha value is -3.06. The minimum atomic E-state index is 0.423. The van der Waals surface area contributed by atoms with E-state index in [0.717, 1.165) is 69.3 Å². The number of nitrogens with one attached hydrogen (secondary N) is 2. The Bertz CT molecular complexity index is 987. The summed E-state index contributed by atoms with van der Waals surface area (Å²) in [5.74, 6) is 1.85. The van der Waals surface area contributed by atoms with Gasteiger partial charge >= 0.3 is 0 Å². The molecule has 0 amide bonds. The zero-order valence-corrected chi connectivity index (χ0v) is 19.8. The molecule has 7 heteroatoms. The number of piperidine rings is 1. The van der Waals surface area contributed by atoms with Crippen molar-refractivity contribution in [2.75, 3.05) is 19.6 Å². The fourth-order valence-corrected chi connectivity index (χ4v) is 4.36. The van der Waals surface area contributed by atoms with E-state index in [-0.39, 0.29) is 0 Å². The highest BCUT2D eigenvalue weighted by Gasteiger charge is 2.20. The molecule has 4 rings (SSSR count). The minimum Gasteiger partial charge on any atom is -0.469 e. The molecule has 2 N–H and O–H groups in total. The molecule has 1 aromatic carbocycles. The molecule has 176 valence electrons. The van der Waals surface area contributed by atoms with Crippen LogP contribution in [0.1, 0.15) is 42.3 Å². The molecule has 0 bridgehead atoms. The molecule has 0 atom stereocenters. The first-order chi connectivity index (χ1) is 16.2. The summed E-state index contributed by atoms with van der Waals surface area (Å²) in [7, 11) is 1.97. The van der Waals surface area contributed by atoms with Gasteiger partial charge in [0.1, 0.15) is 5.76 Å². The lowest BCUT2D eigenvalue weighted by Crippen LogP contribution is -2.48. The molecular formula is C26H36N6O. The summed E-state index contributed by atoms with van der Waals surface area (Å²) in [6.45, 7) is 6.75. The minimum absolute atomic E-state index is 0.423. The van der Waals surface area contributed by atoms with Gasteiger partial charge in [-0.25, -0.2) is 4.99 Å². The van der Waals surface area contributed by atoms with E-state index in [9.17, 15) is 0 Å². The quantitative estimate of drug-likeness (QED) is 0.387. The second kappa shape index (κ2) is 11.7. The first kappa shape index (κ1) is 23.1. The largest absolute Gasteiger partial charge is 0.469 e. The third kappa shape index (κ3) is 6.96. The molecule has 0 saturated carbocycles. The highest BCUT2D eigenvalue weighted by molar-refractivity contribution is 5.80. The van der Waals surface area contributed by atoms with Crippen LogP contribution >= 0.6 is 0 Å². The zero-order chi connectivity index (χ0) is 22.9. The summed E-state index contributed by atoms with van der Waals surface area (Å²) in [6, 6.07) is 15.1. The number of likely N-dealkylation sites (tertiary alicyclic amines) is 1. The Balaban J connectivity index is 1.33. The number of aryl methyl sites for hydroxylation is 2. The van der Waals surface area contributed by atoms with Crippen molar-refractivity contribution in [3.05, 3.63) is 77.5 Å². The van der Waals surface area contributed by atoms with Gasteiger partial charge in [0.15, 0.2) is 5.96 Å². The van der Waals surface area contributed by atoms with Crippen LogP contribution in [-0.2, 0) is 33.0 Å². The van der Waals surface area contributed by atoms with Crippen molar-refractivity contribution in [2.24, 2.45) is 12.0 Å². The number of aromatic nitrogens is 2. The lowest BCUT2D eigenvalue weighted by Gasteiger charge is -2.33.